The summed E-state index contributed by atoms with van der Waals surface area (Å²) in [4.78, 5) is 22.3. The van der Waals surface area contributed by atoms with Crippen molar-refractivity contribution in [2.24, 2.45) is 5.73 Å². The van der Waals surface area contributed by atoms with Crippen LogP contribution in [0.5, 0.6) is 0 Å². The molecule has 1 aromatic carbocycles. The average Bonchev–Trinajstić information content (AvgIpc) is 2.49. The second-order valence-corrected chi connectivity index (χ2v) is 6.86. The molecule has 0 saturated carbocycles. The lowest BCUT2D eigenvalue weighted by Gasteiger charge is -2.15. The molecule has 0 fully saturated rings. The fourth-order valence-electron chi connectivity index (χ4n) is 1.63. The molecule has 23 heavy (non-hydrogen) atoms. The molecule has 0 aliphatic heterocycles. The quantitative estimate of drug-likeness (QED) is 0.513. The van der Waals surface area contributed by atoms with Crippen LogP contribution in [0.1, 0.15) is 12.5 Å². The molecular formula is C14H20N2O6S. The van der Waals surface area contributed by atoms with Gasteiger partial charge in [0.2, 0.25) is 10.0 Å². The van der Waals surface area contributed by atoms with Crippen molar-refractivity contribution in [3.05, 3.63) is 35.9 Å². The molecule has 0 aromatic heterocycles. The lowest BCUT2D eigenvalue weighted by Crippen LogP contribution is -2.46. The minimum Gasteiger partial charge on any atom is -0.480 e. The van der Waals surface area contributed by atoms with E-state index in [0.29, 0.717) is 0 Å². The van der Waals surface area contributed by atoms with E-state index in [-0.39, 0.29) is 12.2 Å². The number of rotatable bonds is 9. The molecule has 0 radical (unpaired) electrons. The van der Waals surface area contributed by atoms with Crippen molar-refractivity contribution < 1.29 is 27.9 Å². The number of carbonyl (C=O) groups excluding carboxylic acids is 1. The Balaban J connectivity index is 2.60. The number of hydrogen-bond acceptors (Lipinski definition) is 6. The van der Waals surface area contributed by atoms with Crippen LogP contribution in [0.15, 0.2) is 30.3 Å². The number of aryl methyl sites for hydroxylation is 1. The molecule has 0 unspecified atom stereocenters. The second kappa shape index (κ2) is 8.61. The number of carboxylic acids is 1. The number of carbonyl (C=O) groups is 2. The molecular weight excluding hydrogens is 324 g/mol. The molecule has 1 rings (SSSR count). The zero-order chi connectivity index (χ0) is 17.5. The number of ether oxygens (including phenoxy) is 1. The third kappa shape index (κ3) is 7.22. The Labute approximate surface area is 134 Å². The summed E-state index contributed by atoms with van der Waals surface area (Å²) in [5, 5.41) is 9.02. The Morgan fingerprint density at radius 1 is 1.30 bits per heavy atom. The molecule has 2 atom stereocenters. The Kier molecular flexibility index (Phi) is 7.14. The molecule has 0 heterocycles. The highest BCUT2D eigenvalue weighted by atomic mass is 32.2. The number of hydrogen-bond donors (Lipinski definition) is 3. The molecule has 0 bridgehead atoms. The van der Waals surface area contributed by atoms with Crippen molar-refractivity contribution in [2.45, 2.75) is 25.4 Å². The van der Waals surface area contributed by atoms with Crippen LogP contribution in [-0.4, -0.2) is 49.9 Å². The zero-order valence-electron chi connectivity index (χ0n) is 12.6. The van der Waals surface area contributed by atoms with E-state index in [1.807, 2.05) is 10.8 Å². The summed E-state index contributed by atoms with van der Waals surface area (Å²) in [5.41, 5.74) is 6.09. The van der Waals surface area contributed by atoms with Crippen LogP contribution in [0.3, 0.4) is 0 Å². The van der Waals surface area contributed by atoms with Crippen molar-refractivity contribution >= 4 is 22.0 Å². The summed E-state index contributed by atoms with van der Waals surface area (Å²) < 4.78 is 30.6. The summed E-state index contributed by atoms with van der Waals surface area (Å²) in [6, 6.07) is 6.44. The first kappa shape index (κ1) is 19.1. The van der Waals surface area contributed by atoms with E-state index in [1.165, 1.54) is 6.92 Å². The van der Waals surface area contributed by atoms with Crippen molar-refractivity contribution in [1.82, 2.24) is 4.72 Å². The van der Waals surface area contributed by atoms with Gasteiger partial charge < -0.3 is 15.6 Å². The summed E-state index contributed by atoms with van der Waals surface area (Å²) in [6.07, 6.45) is 0.238. The molecule has 9 heteroatoms. The molecule has 4 N–H and O–H groups in total. The maximum atomic E-state index is 12.0. The average molecular weight is 344 g/mol. The molecule has 1 aromatic rings. The van der Waals surface area contributed by atoms with E-state index in [0.717, 1.165) is 5.56 Å². The first-order chi connectivity index (χ1) is 10.7. The van der Waals surface area contributed by atoms with Crippen LogP contribution in [0.4, 0.5) is 0 Å². The van der Waals surface area contributed by atoms with Gasteiger partial charge in [-0.15, -0.1) is 0 Å². The Morgan fingerprint density at radius 2 is 1.91 bits per heavy atom. The van der Waals surface area contributed by atoms with Crippen LogP contribution < -0.4 is 10.5 Å². The number of nitrogens with two attached hydrogens (primary N) is 1. The molecule has 0 saturated heterocycles. The standard InChI is InChI=1S/C14H20N2O6S/c1-10(15)14(19)22-9-12(13(17)18)16-23(20,21)8-7-11-5-3-2-4-6-11/h2-6,10,12,16H,7-9,15H2,1H3,(H,17,18)/t10-,12+/m0/s1. The van der Waals surface area contributed by atoms with Crippen molar-refractivity contribution in [1.29, 1.82) is 0 Å². The largest absolute Gasteiger partial charge is 0.480 e. The predicted molar refractivity (Wildman–Crippen MR) is 83.1 cm³/mol. The maximum Gasteiger partial charge on any atom is 0.325 e. The van der Waals surface area contributed by atoms with E-state index < -0.39 is 40.7 Å². The Bertz CT molecular complexity index is 630. The van der Waals surface area contributed by atoms with Gasteiger partial charge in [-0.1, -0.05) is 30.3 Å². The third-order valence-electron chi connectivity index (χ3n) is 2.89. The number of esters is 1. The summed E-state index contributed by atoms with van der Waals surface area (Å²) >= 11 is 0. The highest BCUT2D eigenvalue weighted by Crippen LogP contribution is 2.02. The van der Waals surface area contributed by atoms with E-state index in [2.05, 4.69) is 4.74 Å². The van der Waals surface area contributed by atoms with Crippen LogP contribution in [0.2, 0.25) is 0 Å². The second-order valence-electron chi connectivity index (χ2n) is 4.98. The third-order valence-corrected chi connectivity index (χ3v) is 4.27. The fourth-order valence-corrected chi connectivity index (χ4v) is 2.85. The Morgan fingerprint density at radius 3 is 2.43 bits per heavy atom. The normalized spacial score (nSPS) is 14.0. The van der Waals surface area contributed by atoms with Crippen LogP contribution in [-0.2, 0) is 30.8 Å². The summed E-state index contributed by atoms with van der Waals surface area (Å²) in [6.45, 7) is 0.752. The van der Waals surface area contributed by atoms with Gasteiger partial charge >= 0.3 is 11.9 Å². The fraction of sp³-hybridized carbons (Fsp3) is 0.429. The molecule has 0 aliphatic carbocycles. The van der Waals surface area contributed by atoms with Gasteiger partial charge in [0.05, 0.1) is 5.75 Å². The number of aliphatic carboxylic acids is 1. The maximum absolute atomic E-state index is 12.0. The van der Waals surface area contributed by atoms with E-state index in [1.54, 1.807) is 24.3 Å². The summed E-state index contributed by atoms with van der Waals surface area (Å²) in [5.74, 6) is -2.52. The van der Waals surface area contributed by atoms with Crippen molar-refractivity contribution in [2.75, 3.05) is 12.4 Å². The minimum atomic E-state index is -3.85. The number of carboxylic acid groups (broad SMARTS) is 1. The number of sulfonamides is 1. The van der Waals surface area contributed by atoms with Gasteiger partial charge in [-0.05, 0) is 18.9 Å². The highest BCUT2D eigenvalue weighted by molar-refractivity contribution is 7.89. The number of benzene rings is 1. The first-order valence-corrected chi connectivity index (χ1v) is 8.55. The number of nitrogens with one attached hydrogen (secondary N) is 1. The van der Waals surface area contributed by atoms with Crippen LogP contribution >= 0.6 is 0 Å². The molecule has 8 nitrogen and oxygen atoms in total. The van der Waals surface area contributed by atoms with E-state index >= 15 is 0 Å². The topological polar surface area (TPSA) is 136 Å². The van der Waals surface area contributed by atoms with Gasteiger partial charge in [0.1, 0.15) is 12.6 Å². The molecule has 0 aliphatic rings. The van der Waals surface area contributed by atoms with Gasteiger partial charge in [0.15, 0.2) is 6.04 Å². The van der Waals surface area contributed by atoms with Gasteiger partial charge in [0.25, 0.3) is 0 Å². The lowest BCUT2D eigenvalue weighted by molar-refractivity contribution is -0.149. The van der Waals surface area contributed by atoms with Gasteiger partial charge in [-0.3, -0.25) is 9.59 Å². The lowest BCUT2D eigenvalue weighted by atomic mass is 10.2. The molecule has 128 valence electrons. The smallest absolute Gasteiger partial charge is 0.325 e. The van der Waals surface area contributed by atoms with Gasteiger partial charge in [0, 0.05) is 0 Å². The minimum absolute atomic E-state index is 0.238. The molecule has 0 amide bonds. The highest BCUT2D eigenvalue weighted by Gasteiger charge is 2.26. The zero-order valence-corrected chi connectivity index (χ0v) is 13.5. The monoisotopic (exact) mass is 344 g/mol. The predicted octanol–water partition coefficient (Wildman–Crippen LogP) is -0.508. The van der Waals surface area contributed by atoms with Crippen molar-refractivity contribution in [3.8, 4) is 0 Å². The summed E-state index contributed by atoms with van der Waals surface area (Å²) in [7, 11) is -3.85. The van der Waals surface area contributed by atoms with Crippen LogP contribution in [0.25, 0.3) is 0 Å². The van der Waals surface area contributed by atoms with Gasteiger partial charge in [-0.25, -0.2) is 8.42 Å². The Hall–Kier alpha value is -1.97. The van der Waals surface area contributed by atoms with E-state index in [9.17, 15) is 18.0 Å². The van der Waals surface area contributed by atoms with E-state index in [4.69, 9.17) is 10.8 Å². The SMILES string of the molecule is C[C@H](N)C(=O)OC[C@@H](NS(=O)(=O)CCc1ccccc1)C(=O)O. The van der Waals surface area contributed by atoms with Crippen molar-refractivity contribution in [3.63, 3.8) is 0 Å². The van der Waals surface area contributed by atoms with Gasteiger partial charge in [-0.2, -0.15) is 4.72 Å². The first-order valence-electron chi connectivity index (χ1n) is 6.90. The van der Waals surface area contributed by atoms with Crippen LogP contribution in [0, 0.1) is 0 Å². The molecule has 0 spiro atoms.